The lowest BCUT2D eigenvalue weighted by molar-refractivity contribution is 0.356. The van der Waals surface area contributed by atoms with Gasteiger partial charge in [-0.1, -0.05) is 0 Å². The lowest BCUT2D eigenvalue weighted by atomic mass is 10.2. The SMILES string of the molecule is Cc1ccc(C(C)NS(=O)(=O)c2ccc3c(c2)CCO3)o1. The number of sulfonamides is 1. The van der Waals surface area contributed by atoms with E-state index >= 15 is 0 Å². The van der Waals surface area contributed by atoms with Crippen LogP contribution >= 0.6 is 0 Å². The highest BCUT2D eigenvalue weighted by atomic mass is 32.2. The Bertz CT molecular complexity index is 764. The molecule has 2 aromatic rings. The zero-order chi connectivity index (χ0) is 15.0. The van der Waals surface area contributed by atoms with Gasteiger partial charge in [0.2, 0.25) is 10.0 Å². The molecule has 21 heavy (non-hydrogen) atoms. The van der Waals surface area contributed by atoms with Crippen molar-refractivity contribution in [3.05, 3.63) is 47.4 Å². The molecule has 112 valence electrons. The van der Waals surface area contributed by atoms with Crippen molar-refractivity contribution in [3.8, 4) is 5.75 Å². The maximum atomic E-state index is 12.4. The first-order valence-corrected chi connectivity index (χ1v) is 8.28. The fourth-order valence-electron chi connectivity index (χ4n) is 2.38. The molecular formula is C15H17NO4S. The molecule has 5 nitrogen and oxygen atoms in total. The van der Waals surface area contributed by atoms with E-state index in [2.05, 4.69) is 4.72 Å². The number of furan rings is 1. The summed E-state index contributed by atoms with van der Waals surface area (Å²) in [6.07, 6.45) is 0.742. The third kappa shape index (κ3) is 2.82. The summed E-state index contributed by atoms with van der Waals surface area (Å²) < 4.78 is 38.3. The van der Waals surface area contributed by atoms with Crippen molar-refractivity contribution >= 4 is 10.0 Å². The maximum absolute atomic E-state index is 12.4. The first-order valence-electron chi connectivity index (χ1n) is 6.80. The summed E-state index contributed by atoms with van der Waals surface area (Å²) in [7, 11) is -3.59. The summed E-state index contributed by atoms with van der Waals surface area (Å²) in [5.74, 6) is 2.12. The highest BCUT2D eigenvalue weighted by Gasteiger charge is 2.22. The average Bonchev–Trinajstić information content (AvgIpc) is 3.05. The fraction of sp³-hybridized carbons (Fsp3) is 0.333. The van der Waals surface area contributed by atoms with E-state index < -0.39 is 16.1 Å². The minimum absolute atomic E-state index is 0.252. The highest BCUT2D eigenvalue weighted by molar-refractivity contribution is 7.89. The van der Waals surface area contributed by atoms with Gasteiger partial charge in [-0.15, -0.1) is 0 Å². The molecule has 0 saturated carbocycles. The molecule has 0 fully saturated rings. The van der Waals surface area contributed by atoms with Gasteiger partial charge in [0.25, 0.3) is 0 Å². The first-order chi connectivity index (χ1) is 9.95. The molecule has 1 aliphatic heterocycles. The number of hydrogen-bond acceptors (Lipinski definition) is 4. The molecular weight excluding hydrogens is 290 g/mol. The van der Waals surface area contributed by atoms with Crippen LogP contribution in [0.15, 0.2) is 39.6 Å². The van der Waals surface area contributed by atoms with E-state index in [4.69, 9.17) is 9.15 Å². The molecule has 1 unspecified atom stereocenters. The van der Waals surface area contributed by atoms with Crippen LogP contribution in [0.4, 0.5) is 0 Å². The zero-order valence-corrected chi connectivity index (χ0v) is 12.7. The van der Waals surface area contributed by atoms with Crippen LogP contribution < -0.4 is 9.46 Å². The van der Waals surface area contributed by atoms with Crippen LogP contribution in [0.3, 0.4) is 0 Å². The maximum Gasteiger partial charge on any atom is 0.241 e. The molecule has 0 aliphatic carbocycles. The molecule has 0 saturated heterocycles. The number of fused-ring (bicyclic) bond motifs is 1. The van der Waals surface area contributed by atoms with Crippen LogP contribution in [0.1, 0.15) is 30.0 Å². The van der Waals surface area contributed by atoms with Gasteiger partial charge >= 0.3 is 0 Å². The summed E-state index contributed by atoms with van der Waals surface area (Å²) in [6.45, 7) is 4.19. The normalized spacial score (nSPS) is 15.5. The fourth-order valence-corrected chi connectivity index (χ4v) is 3.64. The Morgan fingerprint density at radius 2 is 2.05 bits per heavy atom. The Labute approximate surface area is 124 Å². The first kappa shape index (κ1) is 14.2. The van der Waals surface area contributed by atoms with Gasteiger partial charge in [-0.05, 0) is 49.7 Å². The Balaban J connectivity index is 1.83. The van der Waals surface area contributed by atoms with E-state index in [9.17, 15) is 8.42 Å². The molecule has 1 aromatic heterocycles. The molecule has 6 heteroatoms. The van der Waals surface area contributed by atoms with E-state index in [-0.39, 0.29) is 4.90 Å². The van der Waals surface area contributed by atoms with Gasteiger partial charge in [0.05, 0.1) is 17.5 Å². The quantitative estimate of drug-likeness (QED) is 0.942. The smallest absolute Gasteiger partial charge is 0.241 e. The van der Waals surface area contributed by atoms with Gasteiger partial charge in [-0.3, -0.25) is 0 Å². The van der Waals surface area contributed by atoms with Crippen molar-refractivity contribution in [1.82, 2.24) is 4.72 Å². The monoisotopic (exact) mass is 307 g/mol. The number of rotatable bonds is 4. The summed E-state index contributed by atoms with van der Waals surface area (Å²) in [6, 6.07) is 8.11. The minimum Gasteiger partial charge on any atom is -0.493 e. The van der Waals surface area contributed by atoms with Crippen molar-refractivity contribution in [2.75, 3.05) is 6.61 Å². The number of aryl methyl sites for hydroxylation is 1. The lowest BCUT2D eigenvalue weighted by Crippen LogP contribution is -2.26. The Hall–Kier alpha value is -1.79. The van der Waals surface area contributed by atoms with Gasteiger partial charge in [-0.2, -0.15) is 0 Å². The van der Waals surface area contributed by atoms with Crippen molar-refractivity contribution in [3.63, 3.8) is 0 Å². The van der Waals surface area contributed by atoms with Crippen LogP contribution in [0, 0.1) is 6.92 Å². The molecule has 0 spiro atoms. The third-order valence-corrected chi connectivity index (χ3v) is 5.03. The summed E-state index contributed by atoms with van der Waals surface area (Å²) in [5.41, 5.74) is 0.930. The van der Waals surface area contributed by atoms with Crippen molar-refractivity contribution in [1.29, 1.82) is 0 Å². The van der Waals surface area contributed by atoms with Gasteiger partial charge in [0.1, 0.15) is 17.3 Å². The van der Waals surface area contributed by atoms with E-state index in [1.807, 2.05) is 13.0 Å². The summed E-state index contributed by atoms with van der Waals surface area (Å²) >= 11 is 0. The number of ether oxygens (including phenoxy) is 1. The number of nitrogens with one attached hydrogen (secondary N) is 1. The second-order valence-corrected chi connectivity index (χ2v) is 6.87. The molecule has 0 radical (unpaired) electrons. The lowest BCUT2D eigenvalue weighted by Gasteiger charge is -2.12. The summed E-state index contributed by atoms with van der Waals surface area (Å²) in [5, 5.41) is 0. The Morgan fingerprint density at radius 1 is 1.24 bits per heavy atom. The summed E-state index contributed by atoms with van der Waals surface area (Å²) in [4.78, 5) is 0.252. The molecule has 1 N–H and O–H groups in total. The van der Waals surface area contributed by atoms with Gasteiger partial charge in [0.15, 0.2) is 0 Å². The van der Waals surface area contributed by atoms with Crippen LogP contribution in [-0.4, -0.2) is 15.0 Å². The molecule has 2 heterocycles. The zero-order valence-electron chi connectivity index (χ0n) is 11.9. The molecule has 1 aromatic carbocycles. The minimum atomic E-state index is -3.59. The molecule has 1 aliphatic rings. The molecule has 0 amide bonds. The second-order valence-electron chi connectivity index (χ2n) is 5.16. The van der Waals surface area contributed by atoms with Crippen molar-refractivity contribution in [2.24, 2.45) is 0 Å². The average molecular weight is 307 g/mol. The molecule has 0 bridgehead atoms. The van der Waals surface area contributed by atoms with Crippen LogP contribution in [0.2, 0.25) is 0 Å². The standard InChI is InChI=1S/C15H17NO4S/c1-10-3-5-14(20-10)11(2)16-21(17,18)13-4-6-15-12(9-13)7-8-19-15/h3-6,9,11,16H,7-8H2,1-2H3. The van der Waals surface area contributed by atoms with Gasteiger partial charge in [-0.25, -0.2) is 13.1 Å². The number of benzene rings is 1. The van der Waals surface area contributed by atoms with Crippen molar-refractivity contribution < 1.29 is 17.6 Å². The Morgan fingerprint density at radius 3 is 2.76 bits per heavy atom. The largest absolute Gasteiger partial charge is 0.493 e. The Kier molecular flexibility index (Phi) is 3.51. The van der Waals surface area contributed by atoms with Crippen LogP contribution in [-0.2, 0) is 16.4 Å². The third-order valence-electron chi connectivity index (χ3n) is 3.49. The van der Waals surface area contributed by atoms with Crippen LogP contribution in [0.25, 0.3) is 0 Å². The topological polar surface area (TPSA) is 68.5 Å². The molecule has 1 atom stereocenters. The van der Waals surface area contributed by atoms with E-state index in [1.165, 1.54) is 0 Å². The van der Waals surface area contributed by atoms with Crippen LogP contribution in [0.5, 0.6) is 5.75 Å². The van der Waals surface area contributed by atoms with Gasteiger partial charge in [0, 0.05) is 6.42 Å². The van der Waals surface area contributed by atoms with Crippen molar-refractivity contribution in [2.45, 2.75) is 31.2 Å². The predicted molar refractivity (Wildman–Crippen MR) is 77.8 cm³/mol. The van der Waals surface area contributed by atoms with E-state index in [0.717, 1.165) is 23.5 Å². The predicted octanol–water partition coefficient (Wildman–Crippen LogP) is 2.56. The molecule has 3 rings (SSSR count). The number of hydrogen-bond donors (Lipinski definition) is 1. The highest BCUT2D eigenvalue weighted by Crippen LogP contribution is 2.28. The second kappa shape index (κ2) is 5.20. The van der Waals surface area contributed by atoms with Gasteiger partial charge < -0.3 is 9.15 Å². The van der Waals surface area contributed by atoms with E-state index in [0.29, 0.717) is 12.4 Å². The van der Waals surface area contributed by atoms with E-state index in [1.54, 1.807) is 31.2 Å².